The molecule has 0 fully saturated rings. The maximum absolute atomic E-state index is 9.75. The first kappa shape index (κ1) is 12.2. The third kappa shape index (κ3) is 1.78. The summed E-state index contributed by atoms with van der Waals surface area (Å²) in [7, 11) is 0. The van der Waals surface area contributed by atoms with E-state index in [-0.39, 0.29) is 5.41 Å². The molecular weight excluding hydrogens is 208 g/mol. The Morgan fingerprint density at radius 2 is 2.12 bits per heavy atom. The number of benzene rings is 1. The molecule has 0 bridgehead atoms. The number of phenols is 1. The van der Waals surface area contributed by atoms with Crippen molar-refractivity contribution in [1.29, 1.82) is 0 Å². The van der Waals surface area contributed by atoms with Crippen LogP contribution in [0, 0.1) is 5.92 Å². The van der Waals surface area contributed by atoms with Crippen LogP contribution >= 0.6 is 0 Å². The first-order chi connectivity index (χ1) is 7.98. The quantitative estimate of drug-likeness (QED) is 0.755. The van der Waals surface area contributed by atoms with Crippen LogP contribution in [0.5, 0.6) is 5.75 Å². The molecular formula is C16H22O. The first-order valence-electron chi connectivity index (χ1n) is 6.47. The van der Waals surface area contributed by atoms with Gasteiger partial charge in [0.25, 0.3) is 0 Å². The Balaban J connectivity index is 2.66. The maximum atomic E-state index is 9.75. The van der Waals surface area contributed by atoms with Crippen LogP contribution in [0.25, 0.3) is 0 Å². The monoisotopic (exact) mass is 230 g/mol. The van der Waals surface area contributed by atoms with E-state index >= 15 is 0 Å². The lowest BCUT2D eigenvalue weighted by molar-refractivity contribution is 0.312. The first-order valence-corrected chi connectivity index (χ1v) is 6.47. The SMILES string of the molecule is C=C(C)C1(C(C)C)CCCc2ccc(O)cc21. The Labute approximate surface area is 104 Å². The van der Waals surface area contributed by atoms with Crippen molar-refractivity contribution in [2.75, 3.05) is 0 Å². The molecule has 92 valence electrons. The standard InChI is InChI=1S/C16H22O/c1-11(2)16(12(3)4)9-5-6-13-7-8-14(17)10-15(13)16/h7-8,10,12,17H,1,5-6,9H2,2-4H3. The van der Waals surface area contributed by atoms with Gasteiger partial charge in [-0.05, 0) is 55.4 Å². The molecule has 0 saturated carbocycles. The summed E-state index contributed by atoms with van der Waals surface area (Å²) in [5.41, 5.74) is 3.95. The van der Waals surface area contributed by atoms with Crippen molar-refractivity contribution in [2.45, 2.75) is 45.4 Å². The van der Waals surface area contributed by atoms with Crippen molar-refractivity contribution in [2.24, 2.45) is 5.92 Å². The number of rotatable bonds is 2. The van der Waals surface area contributed by atoms with Gasteiger partial charge in [-0.15, -0.1) is 0 Å². The van der Waals surface area contributed by atoms with Crippen LogP contribution in [0.2, 0.25) is 0 Å². The van der Waals surface area contributed by atoms with Crippen LogP contribution in [0.1, 0.15) is 44.7 Å². The summed E-state index contributed by atoms with van der Waals surface area (Å²) in [5.74, 6) is 0.887. The zero-order chi connectivity index (χ0) is 12.6. The van der Waals surface area contributed by atoms with Gasteiger partial charge < -0.3 is 5.11 Å². The van der Waals surface area contributed by atoms with E-state index in [1.807, 2.05) is 6.07 Å². The van der Waals surface area contributed by atoms with Crippen LogP contribution < -0.4 is 0 Å². The highest BCUT2D eigenvalue weighted by Gasteiger charge is 2.40. The number of allylic oxidation sites excluding steroid dienone is 1. The van der Waals surface area contributed by atoms with E-state index < -0.39 is 0 Å². The molecule has 1 aromatic rings. The number of aromatic hydroxyl groups is 1. The molecule has 1 N–H and O–H groups in total. The van der Waals surface area contributed by atoms with E-state index in [0.29, 0.717) is 11.7 Å². The highest BCUT2D eigenvalue weighted by molar-refractivity contribution is 5.47. The van der Waals surface area contributed by atoms with E-state index in [9.17, 15) is 5.11 Å². The van der Waals surface area contributed by atoms with Crippen molar-refractivity contribution in [3.8, 4) is 5.75 Å². The molecule has 0 saturated heterocycles. The topological polar surface area (TPSA) is 20.2 Å². The van der Waals surface area contributed by atoms with Crippen LogP contribution in [-0.4, -0.2) is 5.11 Å². The summed E-state index contributed by atoms with van der Waals surface area (Å²) < 4.78 is 0. The van der Waals surface area contributed by atoms with E-state index in [1.54, 1.807) is 6.07 Å². The van der Waals surface area contributed by atoms with Gasteiger partial charge >= 0.3 is 0 Å². The van der Waals surface area contributed by atoms with Gasteiger partial charge in [-0.25, -0.2) is 0 Å². The second kappa shape index (κ2) is 4.21. The van der Waals surface area contributed by atoms with E-state index in [1.165, 1.54) is 23.1 Å². The number of phenolic OH excluding ortho intramolecular Hbond substituents is 1. The molecule has 1 atom stereocenters. The van der Waals surface area contributed by atoms with E-state index in [4.69, 9.17) is 0 Å². The van der Waals surface area contributed by atoms with Crippen molar-refractivity contribution < 1.29 is 5.11 Å². The fraction of sp³-hybridized carbons (Fsp3) is 0.500. The molecule has 1 heteroatoms. The molecule has 0 aliphatic heterocycles. The van der Waals surface area contributed by atoms with Crippen molar-refractivity contribution in [1.82, 2.24) is 0 Å². The maximum Gasteiger partial charge on any atom is 0.115 e. The lowest BCUT2D eigenvalue weighted by atomic mass is 9.60. The molecule has 1 unspecified atom stereocenters. The molecule has 0 amide bonds. The third-order valence-electron chi connectivity index (χ3n) is 4.34. The summed E-state index contributed by atoms with van der Waals surface area (Å²) >= 11 is 0. The van der Waals surface area contributed by atoms with Gasteiger partial charge in [-0.3, -0.25) is 0 Å². The predicted molar refractivity (Wildman–Crippen MR) is 72.4 cm³/mol. The van der Waals surface area contributed by atoms with E-state index in [0.717, 1.165) is 12.8 Å². The molecule has 1 nitrogen and oxygen atoms in total. The second-order valence-corrected chi connectivity index (χ2v) is 5.60. The zero-order valence-electron chi connectivity index (χ0n) is 11.1. The van der Waals surface area contributed by atoms with E-state index in [2.05, 4.69) is 33.4 Å². The Hall–Kier alpha value is -1.24. The van der Waals surface area contributed by atoms with Gasteiger partial charge in [0.1, 0.15) is 5.75 Å². The summed E-state index contributed by atoms with van der Waals surface area (Å²) in [6.07, 6.45) is 3.48. The Morgan fingerprint density at radius 1 is 1.41 bits per heavy atom. The Bertz CT molecular complexity index is 445. The van der Waals surface area contributed by atoms with Gasteiger partial charge in [0.2, 0.25) is 0 Å². The molecule has 0 heterocycles. The highest BCUT2D eigenvalue weighted by Crippen LogP contribution is 2.48. The number of hydrogen-bond donors (Lipinski definition) is 1. The summed E-state index contributed by atoms with van der Waals surface area (Å²) in [6.45, 7) is 10.9. The van der Waals surface area contributed by atoms with Crippen LogP contribution in [0.3, 0.4) is 0 Å². The second-order valence-electron chi connectivity index (χ2n) is 5.60. The van der Waals surface area contributed by atoms with Gasteiger partial charge in [0.15, 0.2) is 0 Å². The molecule has 1 aliphatic rings. The zero-order valence-corrected chi connectivity index (χ0v) is 11.1. The van der Waals surface area contributed by atoms with Gasteiger partial charge in [0, 0.05) is 5.41 Å². The highest BCUT2D eigenvalue weighted by atomic mass is 16.3. The minimum absolute atomic E-state index is 0.0479. The normalized spacial score (nSPS) is 23.5. The van der Waals surface area contributed by atoms with Crippen molar-refractivity contribution >= 4 is 0 Å². The van der Waals surface area contributed by atoms with Crippen molar-refractivity contribution in [3.05, 3.63) is 41.5 Å². The molecule has 1 aromatic carbocycles. The Kier molecular flexibility index (Phi) is 3.03. The lowest BCUT2D eigenvalue weighted by Gasteiger charge is -2.43. The smallest absolute Gasteiger partial charge is 0.115 e. The minimum atomic E-state index is 0.0479. The summed E-state index contributed by atoms with van der Waals surface area (Å²) in [5, 5.41) is 9.75. The average molecular weight is 230 g/mol. The predicted octanol–water partition coefficient (Wildman–Crippen LogP) is 4.20. The largest absolute Gasteiger partial charge is 0.508 e. The lowest BCUT2D eigenvalue weighted by Crippen LogP contribution is -2.37. The molecule has 0 radical (unpaired) electrons. The fourth-order valence-electron chi connectivity index (χ4n) is 3.43. The van der Waals surface area contributed by atoms with Crippen LogP contribution in [-0.2, 0) is 11.8 Å². The molecule has 0 aromatic heterocycles. The average Bonchev–Trinajstić information content (AvgIpc) is 2.27. The summed E-state index contributed by atoms with van der Waals surface area (Å²) in [4.78, 5) is 0. The van der Waals surface area contributed by atoms with Crippen LogP contribution in [0.4, 0.5) is 0 Å². The van der Waals surface area contributed by atoms with Gasteiger partial charge in [-0.2, -0.15) is 0 Å². The number of hydrogen-bond acceptors (Lipinski definition) is 1. The third-order valence-corrected chi connectivity index (χ3v) is 4.34. The Morgan fingerprint density at radius 3 is 2.71 bits per heavy atom. The van der Waals surface area contributed by atoms with Crippen LogP contribution in [0.15, 0.2) is 30.4 Å². The number of aryl methyl sites for hydroxylation is 1. The minimum Gasteiger partial charge on any atom is -0.508 e. The molecule has 17 heavy (non-hydrogen) atoms. The van der Waals surface area contributed by atoms with Gasteiger partial charge in [-0.1, -0.05) is 32.1 Å². The van der Waals surface area contributed by atoms with Crippen molar-refractivity contribution in [3.63, 3.8) is 0 Å². The fourth-order valence-corrected chi connectivity index (χ4v) is 3.43. The number of fused-ring (bicyclic) bond motifs is 1. The molecule has 2 rings (SSSR count). The summed E-state index contributed by atoms with van der Waals surface area (Å²) in [6, 6.07) is 5.82. The van der Waals surface area contributed by atoms with Gasteiger partial charge in [0.05, 0.1) is 0 Å². The molecule has 0 spiro atoms. The molecule has 1 aliphatic carbocycles.